The summed E-state index contributed by atoms with van der Waals surface area (Å²) in [5.41, 5.74) is 2.77. The molecule has 0 radical (unpaired) electrons. The number of nitrogens with zero attached hydrogens (tertiary/aromatic N) is 3. The van der Waals surface area contributed by atoms with E-state index in [1.54, 1.807) is 30.5 Å². The van der Waals surface area contributed by atoms with Gasteiger partial charge in [0.2, 0.25) is 0 Å². The third-order valence-electron chi connectivity index (χ3n) is 3.18. The Hall–Kier alpha value is -2.27. The molecule has 0 aliphatic carbocycles. The number of hydrogen-bond donors (Lipinski definition) is 2. The van der Waals surface area contributed by atoms with Gasteiger partial charge in [0, 0.05) is 5.56 Å². The van der Waals surface area contributed by atoms with Crippen molar-refractivity contribution in [2.75, 3.05) is 0 Å². The summed E-state index contributed by atoms with van der Waals surface area (Å²) in [5, 5.41) is 8.19. The van der Waals surface area contributed by atoms with Gasteiger partial charge in [0.1, 0.15) is 5.69 Å². The van der Waals surface area contributed by atoms with E-state index in [0.29, 0.717) is 16.9 Å². The van der Waals surface area contributed by atoms with Gasteiger partial charge < -0.3 is 9.79 Å². The van der Waals surface area contributed by atoms with Gasteiger partial charge in [0.15, 0.2) is 0 Å². The molecule has 7 heteroatoms. The maximum absolute atomic E-state index is 11.3. The minimum absolute atomic E-state index is 0.330. The van der Waals surface area contributed by atoms with Crippen LogP contribution in [0.5, 0.6) is 0 Å². The molecule has 0 saturated carbocycles. The molecule has 0 amide bonds. The van der Waals surface area contributed by atoms with Crippen molar-refractivity contribution in [3.63, 3.8) is 0 Å². The molecule has 1 aromatic heterocycles. The van der Waals surface area contributed by atoms with E-state index in [0.717, 1.165) is 5.56 Å². The largest absolute Gasteiger partial charge is 0.329 e. The van der Waals surface area contributed by atoms with Crippen molar-refractivity contribution in [3.8, 4) is 16.9 Å². The predicted molar refractivity (Wildman–Crippen MR) is 82.5 cm³/mol. The average molecular weight is 315 g/mol. The first-order valence-corrected chi connectivity index (χ1v) is 8.43. The van der Waals surface area contributed by atoms with Gasteiger partial charge in [-0.1, -0.05) is 53.7 Å². The molecule has 2 N–H and O–H groups in total. The zero-order valence-corrected chi connectivity index (χ0v) is 12.5. The number of rotatable bonds is 4. The third-order valence-corrected chi connectivity index (χ3v) is 3.93. The van der Waals surface area contributed by atoms with Gasteiger partial charge in [-0.25, -0.2) is 4.68 Å². The Morgan fingerprint density at radius 3 is 2.41 bits per heavy atom. The fourth-order valence-electron chi connectivity index (χ4n) is 2.21. The molecular weight excluding hydrogens is 301 g/mol. The van der Waals surface area contributed by atoms with Gasteiger partial charge in [0.05, 0.1) is 18.0 Å². The van der Waals surface area contributed by atoms with Gasteiger partial charge in [-0.3, -0.25) is 4.57 Å². The van der Waals surface area contributed by atoms with Crippen molar-refractivity contribution in [1.82, 2.24) is 15.0 Å². The fraction of sp³-hybridized carbons (Fsp3) is 0.0667. The molecule has 6 nitrogen and oxygen atoms in total. The van der Waals surface area contributed by atoms with E-state index in [1.807, 2.05) is 30.3 Å². The monoisotopic (exact) mass is 315 g/mol. The minimum atomic E-state index is -4.15. The number of aromatic nitrogens is 3. The first-order chi connectivity index (χ1) is 10.5. The summed E-state index contributed by atoms with van der Waals surface area (Å²) in [6, 6.07) is 16.6. The summed E-state index contributed by atoms with van der Waals surface area (Å²) in [5.74, 6) is 0. The van der Waals surface area contributed by atoms with E-state index in [-0.39, 0.29) is 6.16 Å². The first-order valence-electron chi connectivity index (χ1n) is 6.63. The quantitative estimate of drug-likeness (QED) is 0.723. The first kappa shape index (κ1) is 14.7. The van der Waals surface area contributed by atoms with Gasteiger partial charge in [0.25, 0.3) is 0 Å². The molecule has 0 atom stereocenters. The highest BCUT2D eigenvalue weighted by Gasteiger charge is 2.18. The SMILES string of the molecule is O=P(O)(O)Cc1ccccc1-n1cc(-c2ccccc2)nn1. The summed E-state index contributed by atoms with van der Waals surface area (Å²) in [4.78, 5) is 18.4. The fourth-order valence-corrected chi connectivity index (χ4v) is 2.92. The van der Waals surface area contributed by atoms with Crippen LogP contribution >= 0.6 is 7.60 Å². The van der Waals surface area contributed by atoms with E-state index in [9.17, 15) is 14.4 Å². The van der Waals surface area contributed by atoms with Gasteiger partial charge >= 0.3 is 7.60 Å². The average Bonchev–Trinajstić information content (AvgIpc) is 2.97. The lowest BCUT2D eigenvalue weighted by molar-refractivity contribution is 0.371. The lowest BCUT2D eigenvalue weighted by Gasteiger charge is -2.09. The molecule has 0 unspecified atom stereocenters. The van der Waals surface area contributed by atoms with Crippen molar-refractivity contribution in [3.05, 3.63) is 66.4 Å². The summed E-state index contributed by atoms with van der Waals surface area (Å²) >= 11 is 0. The summed E-state index contributed by atoms with van der Waals surface area (Å²) in [6.45, 7) is 0. The smallest absolute Gasteiger partial charge is 0.324 e. The van der Waals surface area contributed by atoms with Crippen LogP contribution in [0.3, 0.4) is 0 Å². The zero-order valence-electron chi connectivity index (χ0n) is 11.6. The zero-order chi connectivity index (χ0) is 15.6. The van der Waals surface area contributed by atoms with Crippen LogP contribution in [0.25, 0.3) is 16.9 Å². The van der Waals surface area contributed by atoms with E-state index in [1.165, 1.54) is 4.68 Å². The summed E-state index contributed by atoms with van der Waals surface area (Å²) in [7, 11) is -4.15. The topological polar surface area (TPSA) is 88.2 Å². The Balaban J connectivity index is 1.99. The maximum atomic E-state index is 11.3. The van der Waals surface area contributed by atoms with Crippen molar-refractivity contribution >= 4 is 7.60 Å². The molecule has 2 aromatic carbocycles. The van der Waals surface area contributed by atoms with Crippen LogP contribution in [0, 0.1) is 0 Å². The molecule has 0 fully saturated rings. The second-order valence-corrected chi connectivity index (χ2v) is 6.51. The Kier molecular flexibility index (Phi) is 3.90. The van der Waals surface area contributed by atoms with Crippen LogP contribution in [-0.2, 0) is 10.7 Å². The number of benzene rings is 2. The molecule has 22 heavy (non-hydrogen) atoms. The predicted octanol–water partition coefficient (Wildman–Crippen LogP) is 2.61. The van der Waals surface area contributed by atoms with Crippen LogP contribution in [0.4, 0.5) is 0 Å². The Labute approximate surface area is 127 Å². The second-order valence-electron chi connectivity index (χ2n) is 4.87. The summed E-state index contributed by atoms with van der Waals surface area (Å²) in [6.07, 6.45) is 1.41. The molecular formula is C15H14N3O3P. The van der Waals surface area contributed by atoms with E-state index in [2.05, 4.69) is 10.3 Å². The molecule has 112 valence electrons. The van der Waals surface area contributed by atoms with E-state index >= 15 is 0 Å². The molecule has 0 saturated heterocycles. The lowest BCUT2D eigenvalue weighted by atomic mass is 10.2. The Morgan fingerprint density at radius 1 is 1.00 bits per heavy atom. The number of hydrogen-bond acceptors (Lipinski definition) is 3. The Bertz CT molecular complexity index is 827. The lowest BCUT2D eigenvalue weighted by Crippen LogP contribution is -2.00. The molecule has 3 aromatic rings. The van der Waals surface area contributed by atoms with Crippen molar-refractivity contribution in [1.29, 1.82) is 0 Å². The normalized spacial score (nSPS) is 11.5. The van der Waals surface area contributed by atoms with Crippen LogP contribution in [0.15, 0.2) is 60.8 Å². The Morgan fingerprint density at radius 2 is 1.68 bits per heavy atom. The highest BCUT2D eigenvalue weighted by atomic mass is 31.2. The molecule has 1 heterocycles. The standard InChI is InChI=1S/C15H14N3O3P/c19-22(20,21)11-13-8-4-5-9-15(13)18-10-14(16-17-18)12-6-2-1-3-7-12/h1-10H,11H2,(H2,19,20,21). The third kappa shape index (κ3) is 3.31. The van der Waals surface area contributed by atoms with Crippen LogP contribution < -0.4 is 0 Å². The van der Waals surface area contributed by atoms with E-state index in [4.69, 9.17) is 0 Å². The molecule has 0 aliphatic rings. The number of para-hydroxylation sites is 1. The van der Waals surface area contributed by atoms with Crippen molar-refractivity contribution in [2.45, 2.75) is 6.16 Å². The van der Waals surface area contributed by atoms with Gasteiger partial charge in [-0.15, -0.1) is 5.10 Å². The van der Waals surface area contributed by atoms with Crippen LogP contribution in [-0.4, -0.2) is 24.8 Å². The minimum Gasteiger partial charge on any atom is -0.324 e. The highest BCUT2D eigenvalue weighted by Crippen LogP contribution is 2.40. The summed E-state index contributed by atoms with van der Waals surface area (Å²) < 4.78 is 12.8. The van der Waals surface area contributed by atoms with Gasteiger partial charge in [-0.05, 0) is 11.6 Å². The second kappa shape index (κ2) is 5.85. The van der Waals surface area contributed by atoms with Crippen molar-refractivity contribution in [2.24, 2.45) is 0 Å². The van der Waals surface area contributed by atoms with Crippen molar-refractivity contribution < 1.29 is 14.4 Å². The maximum Gasteiger partial charge on any atom is 0.329 e. The van der Waals surface area contributed by atoms with E-state index < -0.39 is 7.60 Å². The molecule has 0 aliphatic heterocycles. The van der Waals surface area contributed by atoms with Crippen LogP contribution in [0.1, 0.15) is 5.56 Å². The highest BCUT2D eigenvalue weighted by molar-refractivity contribution is 7.50. The molecule has 0 bridgehead atoms. The molecule has 0 spiro atoms. The van der Waals surface area contributed by atoms with Gasteiger partial charge in [-0.2, -0.15) is 0 Å². The molecule has 3 rings (SSSR count). The van der Waals surface area contributed by atoms with Crippen LogP contribution in [0.2, 0.25) is 0 Å².